The quantitative estimate of drug-likeness (QED) is 0.457. The fourth-order valence-electron chi connectivity index (χ4n) is 1.03. The average molecular weight is 166 g/mol. The molecule has 5 heteroatoms. The van der Waals surface area contributed by atoms with Crippen molar-refractivity contribution >= 4 is 0 Å². The molecule has 0 aromatic carbocycles. The van der Waals surface area contributed by atoms with Crippen LogP contribution in [0.25, 0.3) is 0 Å². The van der Waals surface area contributed by atoms with Gasteiger partial charge in [-0.1, -0.05) is 0 Å². The Morgan fingerprint density at radius 1 is 1.55 bits per heavy atom. The van der Waals surface area contributed by atoms with Gasteiger partial charge in [-0.2, -0.15) is 0 Å². The van der Waals surface area contributed by atoms with E-state index in [1.54, 1.807) is 0 Å². The third-order valence-corrected chi connectivity index (χ3v) is 1.90. The smallest absolute Gasteiger partial charge is 0.192 e. The van der Waals surface area contributed by atoms with Crippen LogP contribution in [0.15, 0.2) is 0 Å². The zero-order chi connectivity index (χ0) is 8.65. The van der Waals surface area contributed by atoms with Crippen molar-refractivity contribution in [3.8, 4) is 0 Å². The molecule has 1 aliphatic heterocycles. The zero-order valence-corrected chi connectivity index (χ0v) is 6.07. The molecule has 0 aliphatic carbocycles. The van der Waals surface area contributed by atoms with E-state index in [9.17, 15) is 4.39 Å². The lowest BCUT2D eigenvalue weighted by Gasteiger charge is -2.19. The lowest BCUT2D eigenvalue weighted by Crippen LogP contribution is -2.41. The van der Waals surface area contributed by atoms with Gasteiger partial charge >= 0.3 is 0 Å². The lowest BCUT2D eigenvalue weighted by atomic mass is 10.0. The summed E-state index contributed by atoms with van der Waals surface area (Å²) in [5, 5.41) is 26.5. The number of hydrogen-bond acceptors (Lipinski definition) is 4. The molecule has 66 valence electrons. The van der Waals surface area contributed by atoms with Crippen LogP contribution in [0.1, 0.15) is 6.92 Å². The summed E-state index contributed by atoms with van der Waals surface area (Å²) in [4.78, 5) is 0. The molecule has 0 amide bonds. The molecule has 0 unspecified atom stereocenters. The maximum Gasteiger partial charge on any atom is 0.192 e. The second-order valence-corrected chi connectivity index (χ2v) is 2.81. The number of aliphatic hydroxyl groups excluding tert-OH is 3. The Morgan fingerprint density at radius 3 is 2.27 bits per heavy atom. The van der Waals surface area contributed by atoms with Crippen molar-refractivity contribution in [3.05, 3.63) is 0 Å². The van der Waals surface area contributed by atoms with E-state index in [1.807, 2.05) is 0 Å². The van der Waals surface area contributed by atoms with Crippen LogP contribution in [-0.4, -0.2) is 46.1 Å². The Kier molecular flexibility index (Phi) is 2.15. The Hall–Kier alpha value is -0.230. The minimum Gasteiger partial charge on any atom is -0.394 e. The van der Waals surface area contributed by atoms with Gasteiger partial charge in [0.25, 0.3) is 0 Å². The van der Waals surface area contributed by atoms with Gasteiger partial charge in [0.05, 0.1) is 6.61 Å². The molecule has 0 bridgehead atoms. The van der Waals surface area contributed by atoms with E-state index < -0.39 is 30.8 Å². The van der Waals surface area contributed by atoms with Crippen molar-refractivity contribution in [1.82, 2.24) is 0 Å². The fraction of sp³-hybridized carbons (Fsp3) is 1.00. The fourth-order valence-corrected chi connectivity index (χ4v) is 1.03. The standard InChI is InChI=1S/C6H11FO4/c1-6(7)4(9)3(2-8)11-5(6)10/h3-5,8-10H,2H2,1H3/t3-,4-,5+,6-/m1/s1. The monoisotopic (exact) mass is 166 g/mol. The molecule has 1 fully saturated rings. The van der Waals surface area contributed by atoms with Crippen LogP contribution in [0, 0.1) is 0 Å². The molecule has 0 saturated carbocycles. The topological polar surface area (TPSA) is 69.9 Å². The highest BCUT2D eigenvalue weighted by Crippen LogP contribution is 2.32. The molecule has 1 rings (SSSR count). The summed E-state index contributed by atoms with van der Waals surface area (Å²) in [5.74, 6) is 0. The van der Waals surface area contributed by atoms with E-state index in [-0.39, 0.29) is 0 Å². The maximum absolute atomic E-state index is 13.1. The van der Waals surface area contributed by atoms with Crippen molar-refractivity contribution < 1.29 is 24.4 Å². The normalized spacial score (nSPS) is 51.5. The number of rotatable bonds is 1. The Morgan fingerprint density at radius 2 is 2.09 bits per heavy atom. The van der Waals surface area contributed by atoms with Crippen LogP contribution in [0.2, 0.25) is 0 Å². The van der Waals surface area contributed by atoms with Crippen molar-refractivity contribution in [1.29, 1.82) is 0 Å². The molecule has 4 nitrogen and oxygen atoms in total. The van der Waals surface area contributed by atoms with E-state index in [1.165, 1.54) is 0 Å². The summed E-state index contributed by atoms with van der Waals surface area (Å²) in [7, 11) is 0. The summed E-state index contributed by atoms with van der Waals surface area (Å²) < 4.78 is 17.6. The Labute approximate surface area is 63.2 Å². The molecular formula is C6H11FO4. The highest BCUT2D eigenvalue weighted by Gasteiger charge is 2.53. The molecule has 0 radical (unpaired) electrons. The molecule has 4 atom stereocenters. The van der Waals surface area contributed by atoms with E-state index >= 15 is 0 Å². The highest BCUT2D eigenvalue weighted by molar-refractivity contribution is 4.96. The van der Waals surface area contributed by atoms with Gasteiger partial charge in [-0.05, 0) is 6.92 Å². The molecular weight excluding hydrogens is 155 g/mol. The number of halogens is 1. The summed E-state index contributed by atoms with van der Waals surface area (Å²) >= 11 is 0. The van der Waals surface area contributed by atoms with Gasteiger partial charge in [0.15, 0.2) is 12.0 Å². The largest absolute Gasteiger partial charge is 0.394 e. The third-order valence-electron chi connectivity index (χ3n) is 1.90. The van der Waals surface area contributed by atoms with Gasteiger partial charge in [0.2, 0.25) is 0 Å². The lowest BCUT2D eigenvalue weighted by molar-refractivity contribution is -0.143. The maximum atomic E-state index is 13.1. The second kappa shape index (κ2) is 2.67. The Balaban J connectivity index is 2.71. The molecule has 3 N–H and O–H groups in total. The van der Waals surface area contributed by atoms with Gasteiger partial charge in [0, 0.05) is 0 Å². The summed E-state index contributed by atoms with van der Waals surface area (Å²) in [6.45, 7) is 0.524. The molecule has 1 aliphatic rings. The molecule has 1 heterocycles. The average Bonchev–Trinajstić information content (AvgIpc) is 2.14. The van der Waals surface area contributed by atoms with Crippen LogP contribution in [0.4, 0.5) is 4.39 Å². The van der Waals surface area contributed by atoms with Crippen molar-refractivity contribution in [2.24, 2.45) is 0 Å². The van der Waals surface area contributed by atoms with Crippen molar-refractivity contribution in [2.45, 2.75) is 31.1 Å². The predicted octanol–water partition coefficient (Wildman–Crippen LogP) is -1.22. The number of ether oxygens (including phenoxy) is 1. The van der Waals surface area contributed by atoms with Gasteiger partial charge in [0.1, 0.15) is 12.2 Å². The van der Waals surface area contributed by atoms with Crippen LogP contribution < -0.4 is 0 Å². The van der Waals surface area contributed by atoms with Crippen LogP contribution in [0.3, 0.4) is 0 Å². The van der Waals surface area contributed by atoms with E-state index in [2.05, 4.69) is 4.74 Å². The zero-order valence-electron chi connectivity index (χ0n) is 6.07. The number of alkyl halides is 1. The van der Waals surface area contributed by atoms with E-state index in [0.29, 0.717) is 0 Å². The van der Waals surface area contributed by atoms with Gasteiger partial charge < -0.3 is 20.1 Å². The third kappa shape index (κ3) is 1.24. The molecule has 0 aromatic rings. The second-order valence-electron chi connectivity index (χ2n) is 2.81. The summed E-state index contributed by atoms with van der Waals surface area (Å²) in [6.07, 6.45) is -4.16. The first-order valence-corrected chi connectivity index (χ1v) is 3.31. The first-order valence-electron chi connectivity index (χ1n) is 3.31. The summed E-state index contributed by atoms with van der Waals surface area (Å²) in [6, 6.07) is 0. The first kappa shape index (κ1) is 8.86. The molecule has 1 saturated heterocycles. The SMILES string of the molecule is C[C@@]1(F)[C@H](O)[C@@H](CO)O[C@@H]1O. The van der Waals surface area contributed by atoms with Crippen LogP contribution >= 0.6 is 0 Å². The Bertz CT molecular complexity index is 150. The molecule has 11 heavy (non-hydrogen) atoms. The van der Waals surface area contributed by atoms with E-state index in [0.717, 1.165) is 6.92 Å². The predicted molar refractivity (Wildman–Crippen MR) is 33.5 cm³/mol. The molecule has 0 spiro atoms. The van der Waals surface area contributed by atoms with Gasteiger partial charge in [-0.25, -0.2) is 4.39 Å². The van der Waals surface area contributed by atoms with E-state index in [4.69, 9.17) is 15.3 Å². The summed E-state index contributed by atoms with van der Waals surface area (Å²) in [5.41, 5.74) is -2.19. The van der Waals surface area contributed by atoms with Gasteiger partial charge in [-0.15, -0.1) is 0 Å². The van der Waals surface area contributed by atoms with Crippen LogP contribution in [0.5, 0.6) is 0 Å². The minimum absolute atomic E-state index is 0.502. The van der Waals surface area contributed by atoms with Gasteiger partial charge in [-0.3, -0.25) is 0 Å². The van der Waals surface area contributed by atoms with Crippen molar-refractivity contribution in [2.75, 3.05) is 6.61 Å². The first-order chi connectivity index (χ1) is 5.00. The van der Waals surface area contributed by atoms with Crippen molar-refractivity contribution in [3.63, 3.8) is 0 Å². The number of hydrogen-bond donors (Lipinski definition) is 3. The minimum atomic E-state index is -2.19. The number of aliphatic hydroxyl groups is 3. The highest BCUT2D eigenvalue weighted by atomic mass is 19.1. The molecule has 0 aromatic heterocycles. The van der Waals surface area contributed by atoms with Crippen LogP contribution in [-0.2, 0) is 4.74 Å².